The summed E-state index contributed by atoms with van der Waals surface area (Å²) < 4.78 is 13.6. The molecule has 0 bridgehead atoms. The van der Waals surface area contributed by atoms with Crippen LogP contribution in [0.4, 0.5) is 4.39 Å². The van der Waals surface area contributed by atoms with Crippen LogP contribution in [0.2, 0.25) is 0 Å². The minimum absolute atomic E-state index is 0.0912. The summed E-state index contributed by atoms with van der Waals surface area (Å²) in [6, 6.07) is 7.42. The maximum absolute atomic E-state index is 13.6. The van der Waals surface area contributed by atoms with Crippen LogP contribution in [0.3, 0.4) is 0 Å². The Hall–Kier alpha value is -0.930. The van der Waals surface area contributed by atoms with E-state index >= 15 is 0 Å². The summed E-state index contributed by atoms with van der Waals surface area (Å²) in [5.41, 5.74) is 0.810. The van der Waals surface area contributed by atoms with Crippen LogP contribution in [0, 0.1) is 5.82 Å². The van der Waals surface area contributed by atoms with Crippen LogP contribution in [0.25, 0.3) is 0 Å². The third-order valence-corrected chi connectivity index (χ3v) is 3.89. The van der Waals surface area contributed by atoms with Crippen molar-refractivity contribution in [3.05, 3.63) is 35.6 Å². The first-order valence-corrected chi connectivity index (χ1v) is 7.24. The first kappa shape index (κ1) is 16.1. The van der Waals surface area contributed by atoms with Gasteiger partial charge < -0.3 is 9.80 Å². The van der Waals surface area contributed by atoms with Gasteiger partial charge in [-0.3, -0.25) is 0 Å². The van der Waals surface area contributed by atoms with E-state index in [2.05, 4.69) is 37.6 Å². The molecule has 0 unspecified atom stereocenters. The molecule has 0 amide bonds. The van der Waals surface area contributed by atoms with Gasteiger partial charge in [-0.05, 0) is 45.1 Å². The molecule has 0 aliphatic heterocycles. The van der Waals surface area contributed by atoms with E-state index in [-0.39, 0.29) is 5.82 Å². The van der Waals surface area contributed by atoms with Gasteiger partial charge in [-0.1, -0.05) is 32.0 Å². The van der Waals surface area contributed by atoms with E-state index in [0.717, 1.165) is 38.2 Å². The largest absolute Gasteiger partial charge is 0.303 e. The Morgan fingerprint density at radius 3 is 2.32 bits per heavy atom. The molecule has 2 nitrogen and oxygen atoms in total. The second-order valence-corrected chi connectivity index (χ2v) is 5.15. The Balaban J connectivity index is 2.44. The zero-order valence-electron chi connectivity index (χ0n) is 12.7. The molecule has 0 heterocycles. The van der Waals surface area contributed by atoms with Gasteiger partial charge in [0.1, 0.15) is 5.82 Å². The van der Waals surface area contributed by atoms with Crippen LogP contribution in [0.5, 0.6) is 0 Å². The van der Waals surface area contributed by atoms with Gasteiger partial charge in [-0.2, -0.15) is 0 Å². The highest BCUT2D eigenvalue weighted by Gasteiger charge is 2.12. The van der Waals surface area contributed by atoms with Crippen LogP contribution in [-0.2, 0) is 6.42 Å². The summed E-state index contributed by atoms with van der Waals surface area (Å²) in [4.78, 5) is 4.72. The zero-order chi connectivity index (χ0) is 14.3. The molecule has 0 fully saturated rings. The monoisotopic (exact) mass is 266 g/mol. The maximum atomic E-state index is 13.6. The van der Waals surface area contributed by atoms with Gasteiger partial charge in [0.15, 0.2) is 0 Å². The van der Waals surface area contributed by atoms with E-state index < -0.39 is 0 Å². The molecule has 0 aromatic heterocycles. The molecule has 1 aromatic rings. The highest BCUT2D eigenvalue weighted by Crippen LogP contribution is 2.11. The number of benzene rings is 1. The van der Waals surface area contributed by atoms with Gasteiger partial charge >= 0.3 is 0 Å². The van der Waals surface area contributed by atoms with Crippen molar-refractivity contribution in [2.45, 2.75) is 33.2 Å². The molecule has 0 radical (unpaired) electrons. The number of hydrogen-bond acceptors (Lipinski definition) is 2. The fourth-order valence-corrected chi connectivity index (χ4v) is 2.20. The number of nitrogens with zero attached hydrogens (tertiary/aromatic N) is 2. The molecule has 0 aliphatic rings. The summed E-state index contributed by atoms with van der Waals surface area (Å²) in [5.74, 6) is -0.0912. The summed E-state index contributed by atoms with van der Waals surface area (Å²) in [6.45, 7) is 10.8. The Bertz CT molecular complexity index is 364. The van der Waals surface area contributed by atoms with Crippen molar-refractivity contribution in [1.29, 1.82) is 0 Å². The summed E-state index contributed by atoms with van der Waals surface area (Å²) in [5, 5.41) is 0. The van der Waals surface area contributed by atoms with Gasteiger partial charge in [-0.25, -0.2) is 4.39 Å². The van der Waals surface area contributed by atoms with E-state index in [1.165, 1.54) is 6.07 Å². The standard InChI is InChI=1S/C16H27FN2/c1-5-19(6-2)12-11-18(4)14(3)13-15-9-7-8-10-16(15)17/h7-10,14H,5-6,11-13H2,1-4H3/t14-/m0/s1. The molecule has 1 rings (SSSR count). The van der Waals surface area contributed by atoms with Crippen molar-refractivity contribution in [1.82, 2.24) is 9.80 Å². The van der Waals surface area contributed by atoms with Crippen LogP contribution in [0.15, 0.2) is 24.3 Å². The van der Waals surface area contributed by atoms with Gasteiger partial charge in [0.05, 0.1) is 0 Å². The molecular formula is C16H27FN2. The van der Waals surface area contributed by atoms with E-state index in [1.54, 1.807) is 6.07 Å². The second kappa shape index (κ2) is 8.28. The molecule has 3 heteroatoms. The Morgan fingerprint density at radius 1 is 1.11 bits per heavy atom. The molecule has 108 valence electrons. The zero-order valence-corrected chi connectivity index (χ0v) is 12.7. The molecular weight excluding hydrogens is 239 g/mol. The number of hydrogen-bond donors (Lipinski definition) is 0. The van der Waals surface area contributed by atoms with Crippen molar-refractivity contribution in [3.63, 3.8) is 0 Å². The maximum Gasteiger partial charge on any atom is 0.126 e. The number of rotatable bonds is 8. The highest BCUT2D eigenvalue weighted by atomic mass is 19.1. The van der Waals surface area contributed by atoms with Crippen molar-refractivity contribution >= 4 is 0 Å². The van der Waals surface area contributed by atoms with E-state index in [0.29, 0.717) is 6.04 Å². The summed E-state index contributed by atoms with van der Waals surface area (Å²) in [6.07, 6.45) is 0.765. The van der Waals surface area contributed by atoms with E-state index in [1.807, 2.05) is 12.1 Å². The normalized spacial score (nSPS) is 13.2. The first-order chi connectivity index (χ1) is 9.08. The Morgan fingerprint density at radius 2 is 1.74 bits per heavy atom. The van der Waals surface area contributed by atoms with E-state index in [4.69, 9.17) is 0 Å². The number of likely N-dealkylation sites (N-methyl/N-ethyl adjacent to an activating group) is 2. The van der Waals surface area contributed by atoms with Crippen molar-refractivity contribution < 1.29 is 4.39 Å². The van der Waals surface area contributed by atoms with Crippen LogP contribution >= 0.6 is 0 Å². The number of halogens is 1. The van der Waals surface area contributed by atoms with Gasteiger partial charge in [0, 0.05) is 19.1 Å². The third kappa shape index (κ3) is 5.29. The fourth-order valence-electron chi connectivity index (χ4n) is 2.20. The predicted molar refractivity (Wildman–Crippen MR) is 80.0 cm³/mol. The molecule has 0 spiro atoms. The lowest BCUT2D eigenvalue weighted by Crippen LogP contribution is -2.38. The molecule has 0 aliphatic carbocycles. The quantitative estimate of drug-likeness (QED) is 0.713. The highest BCUT2D eigenvalue weighted by molar-refractivity contribution is 5.18. The molecule has 0 saturated carbocycles. The minimum Gasteiger partial charge on any atom is -0.303 e. The van der Waals surface area contributed by atoms with Crippen molar-refractivity contribution in [2.24, 2.45) is 0 Å². The molecule has 0 saturated heterocycles. The SMILES string of the molecule is CCN(CC)CCN(C)[C@@H](C)Cc1ccccc1F. The Kier molecular flexibility index (Phi) is 7.03. The molecule has 19 heavy (non-hydrogen) atoms. The topological polar surface area (TPSA) is 6.48 Å². The Labute approximate surface area is 117 Å². The van der Waals surface area contributed by atoms with Crippen molar-refractivity contribution in [2.75, 3.05) is 33.2 Å². The van der Waals surface area contributed by atoms with Gasteiger partial charge in [0.2, 0.25) is 0 Å². The lowest BCUT2D eigenvalue weighted by Gasteiger charge is -2.28. The van der Waals surface area contributed by atoms with E-state index in [9.17, 15) is 4.39 Å². The fraction of sp³-hybridized carbons (Fsp3) is 0.625. The first-order valence-electron chi connectivity index (χ1n) is 7.24. The lowest BCUT2D eigenvalue weighted by atomic mass is 10.1. The average molecular weight is 266 g/mol. The smallest absolute Gasteiger partial charge is 0.126 e. The van der Waals surface area contributed by atoms with Crippen LogP contribution in [0.1, 0.15) is 26.3 Å². The average Bonchev–Trinajstić information content (AvgIpc) is 2.42. The van der Waals surface area contributed by atoms with Crippen LogP contribution < -0.4 is 0 Å². The molecule has 1 atom stereocenters. The predicted octanol–water partition coefficient (Wildman–Crippen LogP) is 3.03. The second-order valence-electron chi connectivity index (χ2n) is 5.15. The van der Waals surface area contributed by atoms with Gasteiger partial charge in [-0.15, -0.1) is 0 Å². The molecule has 0 N–H and O–H groups in total. The summed E-state index contributed by atoms with van der Waals surface area (Å²) in [7, 11) is 2.12. The minimum atomic E-state index is -0.0912. The van der Waals surface area contributed by atoms with Crippen molar-refractivity contribution in [3.8, 4) is 0 Å². The van der Waals surface area contributed by atoms with Gasteiger partial charge in [0.25, 0.3) is 0 Å². The third-order valence-electron chi connectivity index (χ3n) is 3.89. The lowest BCUT2D eigenvalue weighted by molar-refractivity contribution is 0.204. The summed E-state index contributed by atoms with van der Waals surface area (Å²) >= 11 is 0. The molecule has 1 aromatic carbocycles. The van der Waals surface area contributed by atoms with Crippen LogP contribution in [-0.4, -0.2) is 49.1 Å².